The van der Waals surface area contributed by atoms with Crippen LogP contribution < -0.4 is 5.32 Å². The van der Waals surface area contributed by atoms with Gasteiger partial charge >= 0.3 is 0 Å². The van der Waals surface area contributed by atoms with Crippen molar-refractivity contribution >= 4 is 0 Å². The summed E-state index contributed by atoms with van der Waals surface area (Å²) in [7, 11) is 0. The summed E-state index contributed by atoms with van der Waals surface area (Å²) < 4.78 is 0. The lowest BCUT2D eigenvalue weighted by atomic mass is 9.80. The van der Waals surface area contributed by atoms with Crippen molar-refractivity contribution < 1.29 is 0 Å². The molecule has 0 fully saturated rings. The highest BCUT2D eigenvalue weighted by Crippen LogP contribution is 2.30. The van der Waals surface area contributed by atoms with Gasteiger partial charge in [-0.15, -0.1) is 0 Å². The van der Waals surface area contributed by atoms with E-state index in [0.29, 0.717) is 22.9 Å². The molecule has 1 aromatic rings. The van der Waals surface area contributed by atoms with Crippen LogP contribution in [0.15, 0.2) is 24.3 Å². The van der Waals surface area contributed by atoms with E-state index in [0.717, 1.165) is 6.42 Å². The molecule has 0 saturated heterocycles. The summed E-state index contributed by atoms with van der Waals surface area (Å²) in [5.41, 5.74) is 3.52. The summed E-state index contributed by atoms with van der Waals surface area (Å²) in [5.74, 6) is 0. The van der Waals surface area contributed by atoms with Crippen molar-refractivity contribution in [1.29, 1.82) is 0 Å². The molecule has 0 heterocycles. The number of nitrogens with one attached hydrogen (secondary N) is 1. The van der Waals surface area contributed by atoms with Gasteiger partial charge in [-0.25, -0.2) is 0 Å². The van der Waals surface area contributed by atoms with Crippen molar-refractivity contribution in [3.8, 4) is 0 Å². The quantitative estimate of drug-likeness (QED) is 0.665. The zero-order valence-electron chi connectivity index (χ0n) is 16.1. The van der Waals surface area contributed by atoms with Gasteiger partial charge in [0, 0.05) is 12.1 Å². The van der Waals surface area contributed by atoms with E-state index in [1.54, 1.807) is 0 Å². The van der Waals surface area contributed by atoms with Crippen LogP contribution in [0, 0.1) is 10.8 Å². The highest BCUT2D eigenvalue weighted by molar-refractivity contribution is 5.24. The topological polar surface area (TPSA) is 12.0 Å². The van der Waals surface area contributed by atoms with Crippen molar-refractivity contribution in [3.63, 3.8) is 0 Å². The Hall–Kier alpha value is -0.820. The van der Waals surface area contributed by atoms with Crippen molar-refractivity contribution in [2.75, 3.05) is 0 Å². The van der Waals surface area contributed by atoms with Crippen LogP contribution in [0.3, 0.4) is 0 Å². The fourth-order valence-corrected chi connectivity index (χ4v) is 3.16. The number of hydrogen-bond acceptors (Lipinski definition) is 1. The largest absolute Gasteiger partial charge is 0.307 e. The minimum absolute atomic E-state index is 0.356. The molecule has 1 heteroatoms. The first kappa shape index (κ1) is 19.2. The van der Waals surface area contributed by atoms with Gasteiger partial charge in [0.1, 0.15) is 0 Å². The highest BCUT2D eigenvalue weighted by Gasteiger charge is 2.25. The van der Waals surface area contributed by atoms with Crippen LogP contribution >= 0.6 is 0 Å². The lowest BCUT2D eigenvalue weighted by Crippen LogP contribution is -2.37. The van der Waals surface area contributed by atoms with E-state index in [1.807, 2.05) is 0 Å². The molecular weight excluding hydrogens is 266 g/mol. The fourth-order valence-electron chi connectivity index (χ4n) is 3.16. The predicted molar refractivity (Wildman–Crippen MR) is 99.3 cm³/mol. The Kier molecular flexibility index (Phi) is 6.67. The van der Waals surface area contributed by atoms with Crippen LogP contribution in [-0.2, 0) is 6.42 Å². The van der Waals surface area contributed by atoms with E-state index in [2.05, 4.69) is 85.0 Å². The predicted octanol–water partition coefficient (Wildman–Crippen LogP) is 6.14. The van der Waals surface area contributed by atoms with E-state index in [-0.39, 0.29) is 0 Å². The second kappa shape index (κ2) is 7.64. The molecule has 0 aliphatic carbocycles. The van der Waals surface area contributed by atoms with E-state index in [1.165, 1.54) is 24.0 Å². The van der Waals surface area contributed by atoms with E-state index < -0.39 is 0 Å². The number of hydrogen-bond donors (Lipinski definition) is 1. The van der Waals surface area contributed by atoms with E-state index in [4.69, 9.17) is 0 Å². The maximum atomic E-state index is 3.88. The number of rotatable bonds is 6. The standard InChI is InChI=1S/C21H37N/c1-9-17-10-12-18(13-11-17)16(2)22-19(14-20(3,4)5)15-21(6,7)8/h10-13,16,19,22H,9,14-15H2,1-8H3. The van der Waals surface area contributed by atoms with Gasteiger partial charge in [-0.3, -0.25) is 0 Å². The zero-order valence-corrected chi connectivity index (χ0v) is 16.1. The molecule has 0 amide bonds. The van der Waals surface area contributed by atoms with Gasteiger partial charge in [0.15, 0.2) is 0 Å². The van der Waals surface area contributed by atoms with Crippen LogP contribution in [0.4, 0.5) is 0 Å². The molecule has 1 atom stereocenters. The third-order valence-electron chi connectivity index (χ3n) is 4.09. The van der Waals surface area contributed by atoms with Gasteiger partial charge in [0.25, 0.3) is 0 Å². The first-order valence-corrected chi connectivity index (χ1v) is 8.85. The summed E-state index contributed by atoms with van der Waals surface area (Å²) in [6, 6.07) is 10.0. The third-order valence-corrected chi connectivity index (χ3v) is 4.09. The fraction of sp³-hybridized carbons (Fsp3) is 0.714. The molecule has 0 aliphatic heterocycles. The molecule has 0 aliphatic rings. The Morgan fingerprint density at radius 3 is 1.68 bits per heavy atom. The molecule has 22 heavy (non-hydrogen) atoms. The minimum Gasteiger partial charge on any atom is -0.307 e. The van der Waals surface area contributed by atoms with E-state index >= 15 is 0 Å². The summed E-state index contributed by atoms with van der Waals surface area (Å²) in [5, 5.41) is 3.88. The van der Waals surface area contributed by atoms with Gasteiger partial charge < -0.3 is 5.32 Å². The maximum Gasteiger partial charge on any atom is 0.0294 e. The smallest absolute Gasteiger partial charge is 0.0294 e. The van der Waals surface area contributed by atoms with Gasteiger partial charge in [-0.05, 0) is 48.1 Å². The molecular formula is C21H37N. The maximum absolute atomic E-state index is 3.88. The van der Waals surface area contributed by atoms with Crippen molar-refractivity contribution in [3.05, 3.63) is 35.4 Å². The molecule has 126 valence electrons. The Morgan fingerprint density at radius 2 is 1.32 bits per heavy atom. The van der Waals surface area contributed by atoms with Crippen LogP contribution in [-0.4, -0.2) is 6.04 Å². The zero-order chi connectivity index (χ0) is 17.0. The van der Waals surface area contributed by atoms with Crippen molar-refractivity contribution in [2.45, 2.75) is 86.7 Å². The average molecular weight is 304 g/mol. The molecule has 1 unspecified atom stereocenters. The Morgan fingerprint density at radius 1 is 0.864 bits per heavy atom. The monoisotopic (exact) mass is 303 g/mol. The molecule has 0 saturated carbocycles. The Balaban J connectivity index is 2.77. The summed E-state index contributed by atoms with van der Waals surface area (Å²) >= 11 is 0. The van der Waals surface area contributed by atoms with Crippen molar-refractivity contribution in [2.24, 2.45) is 10.8 Å². The lowest BCUT2D eigenvalue weighted by Gasteiger charge is -2.34. The highest BCUT2D eigenvalue weighted by atomic mass is 14.9. The minimum atomic E-state index is 0.356. The first-order chi connectivity index (χ1) is 10.00. The summed E-state index contributed by atoms with van der Waals surface area (Å²) in [4.78, 5) is 0. The first-order valence-electron chi connectivity index (χ1n) is 8.85. The molecule has 0 aromatic heterocycles. The molecule has 1 aromatic carbocycles. The SMILES string of the molecule is CCc1ccc(C(C)NC(CC(C)(C)C)CC(C)(C)C)cc1. The summed E-state index contributed by atoms with van der Waals surface area (Å²) in [6.45, 7) is 18.5. The van der Waals surface area contributed by atoms with Crippen molar-refractivity contribution in [1.82, 2.24) is 5.32 Å². The van der Waals surface area contributed by atoms with Crippen LogP contribution in [0.5, 0.6) is 0 Å². The van der Waals surface area contributed by atoms with Gasteiger partial charge in [-0.2, -0.15) is 0 Å². The van der Waals surface area contributed by atoms with E-state index in [9.17, 15) is 0 Å². The van der Waals surface area contributed by atoms with Crippen LogP contribution in [0.2, 0.25) is 0 Å². The molecule has 1 N–H and O–H groups in total. The van der Waals surface area contributed by atoms with Gasteiger partial charge in [0.05, 0.1) is 0 Å². The number of benzene rings is 1. The molecule has 0 radical (unpaired) electrons. The molecule has 1 rings (SSSR count). The van der Waals surface area contributed by atoms with Crippen LogP contribution in [0.1, 0.15) is 85.4 Å². The second-order valence-electron chi connectivity index (χ2n) is 9.21. The van der Waals surface area contributed by atoms with Gasteiger partial charge in [-0.1, -0.05) is 72.7 Å². The second-order valence-corrected chi connectivity index (χ2v) is 9.21. The Bertz CT molecular complexity index is 414. The summed E-state index contributed by atoms with van der Waals surface area (Å²) in [6.07, 6.45) is 3.53. The normalized spacial score (nSPS) is 14.4. The molecule has 0 bridgehead atoms. The Labute approximate surface area is 138 Å². The molecule has 1 nitrogen and oxygen atoms in total. The lowest BCUT2D eigenvalue weighted by molar-refractivity contribution is 0.229. The average Bonchev–Trinajstić information content (AvgIpc) is 2.34. The molecule has 0 spiro atoms. The third kappa shape index (κ3) is 7.45. The number of aryl methyl sites for hydroxylation is 1. The van der Waals surface area contributed by atoms with Crippen LogP contribution in [0.25, 0.3) is 0 Å². The van der Waals surface area contributed by atoms with Gasteiger partial charge in [0.2, 0.25) is 0 Å².